The number of anilines is 2. The molecule has 2 aromatic heterocycles. The van der Waals surface area contributed by atoms with Crippen LogP contribution in [0.3, 0.4) is 0 Å². The summed E-state index contributed by atoms with van der Waals surface area (Å²) >= 11 is 1.49. The number of amides is 1. The summed E-state index contributed by atoms with van der Waals surface area (Å²) in [6.07, 6.45) is 5.03. The zero-order valence-electron chi connectivity index (χ0n) is 26.2. The quantitative estimate of drug-likeness (QED) is 0.157. The normalized spacial score (nSPS) is 15.0. The molecular formula is C38H34N4O4S. The minimum absolute atomic E-state index is 0.0482. The number of hydrazone groups is 1. The van der Waals surface area contributed by atoms with Gasteiger partial charge in [0.15, 0.2) is 5.71 Å². The average Bonchev–Trinajstić information content (AvgIpc) is 3.90. The van der Waals surface area contributed by atoms with Crippen LogP contribution in [0.25, 0.3) is 33.6 Å². The molecule has 0 atom stereocenters. The van der Waals surface area contributed by atoms with E-state index < -0.39 is 11.9 Å². The maximum absolute atomic E-state index is 13.4. The summed E-state index contributed by atoms with van der Waals surface area (Å²) in [5.41, 5.74) is 7.17. The Morgan fingerprint density at radius 3 is 2.49 bits per heavy atom. The van der Waals surface area contributed by atoms with Crippen molar-refractivity contribution >= 4 is 46.4 Å². The number of carbonyl (C=O) groups is 2. The summed E-state index contributed by atoms with van der Waals surface area (Å²) < 4.78 is 7.69. The predicted octanol–water partition coefficient (Wildman–Crippen LogP) is 7.91. The molecule has 0 saturated heterocycles. The number of ether oxygens (including phenoxy) is 1. The number of nitrogens with zero attached hydrogens (tertiary/aromatic N) is 4. The highest BCUT2D eigenvalue weighted by molar-refractivity contribution is 7.16. The Morgan fingerprint density at radius 2 is 1.74 bits per heavy atom. The largest absolute Gasteiger partial charge is 0.497 e. The lowest BCUT2D eigenvalue weighted by atomic mass is 10.1. The molecule has 236 valence electrons. The zero-order valence-corrected chi connectivity index (χ0v) is 27.0. The molecule has 0 aliphatic carbocycles. The molecule has 0 saturated carbocycles. The highest BCUT2D eigenvalue weighted by Crippen LogP contribution is 2.39. The third-order valence-corrected chi connectivity index (χ3v) is 9.66. The van der Waals surface area contributed by atoms with Gasteiger partial charge in [-0.3, -0.25) is 4.79 Å². The van der Waals surface area contributed by atoms with Crippen LogP contribution in [0.15, 0.2) is 108 Å². The Hall–Kier alpha value is -5.41. The Balaban J connectivity index is 1.26. The summed E-state index contributed by atoms with van der Waals surface area (Å²) in [7, 11) is 1.66. The Bertz CT molecular complexity index is 2020. The van der Waals surface area contributed by atoms with Gasteiger partial charge in [-0.2, -0.15) is 10.1 Å². The Kier molecular flexibility index (Phi) is 8.22. The lowest BCUT2D eigenvalue weighted by Gasteiger charge is -2.19. The highest BCUT2D eigenvalue weighted by atomic mass is 32.1. The number of carboxylic acid groups (broad SMARTS) is 1. The van der Waals surface area contributed by atoms with Crippen molar-refractivity contribution in [1.29, 1.82) is 0 Å². The van der Waals surface area contributed by atoms with Crippen LogP contribution in [-0.2, 0) is 16.0 Å². The highest BCUT2D eigenvalue weighted by Gasteiger charge is 2.35. The number of carbonyl (C=O) groups excluding carboxylic acids is 1. The van der Waals surface area contributed by atoms with E-state index in [1.165, 1.54) is 35.4 Å². The number of unbranched alkanes of at least 4 members (excludes halogenated alkanes) is 1. The minimum Gasteiger partial charge on any atom is -0.497 e. The fourth-order valence-electron chi connectivity index (χ4n) is 6.23. The van der Waals surface area contributed by atoms with Gasteiger partial charge in [-0.25, -0.2) is 4.79 Å². The summed E-state index contributed by atoms with van der Waals surface area (Å²) in [6, 6.07) is 31.8. The number of fused-ring (bicyclic) bond motifs is 1. The van der Waals surface area contributed by atoms with Crippen LogP contribution in [0.1, 0.15) is 30.2 Å². The second-order valence-electron chi connectivity index (χ2n) is 11.5. The summed E-state index contributed by atoms with van der Waals surface area (Å²) in [4.78, 5) is 29.7. The maximum atomic E-state index is 13.4. The van der Waals surface area contributed by atoms with Crippen LogP contribution >= 0.6 is 11.3 Å². The molecule has 1 N–H and O–H groups in total. The van der Waals surface area contributed by atoms with E-state index in [0.29, 0.717) is 5.69 Å². The van der Waals surface area contributed by atoms with Crippen molar-refractivity contribution in [2.24, 2.45) is 5.10 Å². The topological polar surface area (TPSA) is 87.4 Å². The van der Waals surface area contributed by atoms with Gasteiger partial charge in [-0.15, -0.1) is 11.3 Å². The predicted molar refractivity (Wildman–Crippen MR) is 189 cm³/mol. The summed E-state index contributed by atoms with van der Waals surface area (Å²) in [5.74, 6) is -0.946. The SMILES string of the molecule is CCCCN1CCc2cc(-c3ccc(-c4ccc(C=C5C(=O)N(c6ccccc6)N=C5C(=O)O)s4)n3-c3ccc(OC)cc3)ccc21. The molecule has 1 amide bonds. The first-order chi connectivity index (χ1) is 22.9. The van der Waals surface area contributed by atoms with Crippen molar-refractivity contribution < 1.29 is 19.4 Å². The molecule has 47 heavy (non-hydrogen) atoms. The van der Waals surface area contributed by atoms with Gasteiger partial charge in [0, 0.05) is 29.3 Å². The van der Waals surface area contributed by atoms with E-state index in [0.717, 1.165) is 62.7 Å². The van der Waals surface area contributed by atoms with E-state index in [1.807, 2.05) is 42.5 Å². The van der Waals surface area contributed by atoms with Crippen LogP contribution in [0.4, 0.5) is 11.4 Å². The summed E-state index contributed by atoms with van der Waals surface area (Å²) in [5, 5.41) is 15.2. The number of aromatic nitrogens is 1. The standard InChI is InChI=1S/C38H34N4O4S/c1-3-4-21-40-22-20-26-23-25(10-16-32(26)40)33-17-18-34(41(33)27-11-13-29(46-2)14-12-27)35-19-15-30(47-35)24-31-36(38(44)45)39-42(37(31)43)28-8-6-5-7-9-28/h5-19,23-24H,3-4,20-22H2,1-2H3,(H,44,45). The van der Waals surface area contributed by atoms with Gasteiger partial charge in [0.05, 0.1) is 34.6 Å². The first kappa shape index (κ1) is 30.3. The molecule has 5 aromatic rings. The van der Waals surface area contributed by atoms with Gasteiger partial charge in [-0.05, 0) is 103 Å². The van der Waals surface area contributed by atoms with Gasteiger partial charge in [0.1, 0.15) is 5.75 Å². The molecule has 9 heteroatoms. The molecule has 0 spiro atoms. The third-order valence-electron chi connectivity index (χ3n) is 8.61. The van der Waals surface area contributed by atoms with Crippen molar-refractivity contribution in [3.63, 3.8) is 0 Å². The van der Waals surface area contributed by atoms with Crippen LogP contribution in [0.5, 0.6) is 5.75 Å². The second kappa shape index (κ2) is 12.8. The van der Waals surface area contributed by atoms with Crippen LogP contribution in [0.2, 0.25) is 0 Å². The van der Waals surface area contributed by atoms with Crippen molar-refractivity contribution in [1.82, 2.24) is 4.57 Å². The molecule has 0 unspecified atom stereocenters. The fraction of sp³-hybridized carbons (Fsp3) is 0.184. The number of hydrogen-bond acceptors (Lipinski definition) is 6. The maximum Gasteiger partial charge on any atom is 0.357 e. The molecule has 2 aliphatic heterocycles. The third kappa shape index (κ3) is 5.74. The number of benzene rings is 3. The minimum atomic E-state index is -1.25. The van der Waals surface area contributed by atoms with Crippen molar-refractivity contribution in [2.75, 3.05) is 30.1 Å². The number of hydrogen-bond donors (Lipinski definition) is 1. The monoisotopic (exact) mass is 642 g/mol. The fourth-order valence-corrected chi connectivity index (χ4v) is 7.20. The van der Waals surface area contributed by atoms with Gasteiger partial charge < -0.3 is 19.3 Å². The van der Waals surface area contributed by atoms with E-state index in [9.17, 15) is 14.7 Å². The molecule has 0 bridgehead atoms. The number of thiophene rings is 1. The molecule has 3 aromatic carbocycles. The van der Waals surface area contributed by atoms with Gasteiger partial charge in [0.25, 0.3) is 5.91 Å². The molecule has 8 nitrogen and oxygen atoms in total. The molecule has 2 aliphatic rings. The van der Waals surface area contributed by atoms with Crippen LogP contribution < -0.4 is 14.6 Å². The lowest BCUT2D eigenvalue weighted by molar-refractivity contribution is -0.129. The smallest absolute Gasteiger partial charge is 0.357 e. The van der Waals surface area contributed by atoms with Gasteiger partial charge in [-0.1, -0.05) is 37.6 Å². The molecule has 7 rings (SSSR count). The number of aliphatic carboxylic acids is 1. The number of carboxylic acids is 1. The number of methoxy groups -OCH3 is 1. The lowest BCUT2D eigenvalue weighted by Crippen LogP contribution is -2.22. The van der Waals surface area contributed by atoms with Crippen molar-refractivity contribution in [2.45, 2.75) is 26.2 Å². The van der Waals surface area contributed by atoms with Crippen LogP contribution in [-0.4, -0.2) is 47.5 Å². The summed E-state index contributed by atoms with van der Waals surface area (Å²) in [6.45, 7) is 4.37. The first-order valence-electron chi connectivity index (χ1n) is 15.7. The van der Waals surface area contributed by atoms with Crippen LogP contribution in [0, 0.1) is 0 Å². The second-order valence-corrected chi connectivity index (χ2v) is 12.7. The van der Waals surface area contributed by atoms with E-state index in [1.54, 1.807) is 37.5 Å². The Morgan fingerprint density at radius 1 is 0.957 bits per heavy atom. The van der Waals surface area contributed by atoms with Gasteiger partial charge in [0.2, 0.25) is 0 Å². The number of para-hydroxylation sites is 1. The van der Waals surface area contributed by atoms with Crippen molar-refractivity contribution in [3.8, 4) is 33.3 Å². The first-order valence-corrected chi connectivity index (χ1v) is 16.5. The zero-order chi connectivity index (χ0) is 32.5. The molecule has 0 radical (unpaired) electrons. The average molecular weight is 643 g/mol. The molecule has 0 fully saturated rings. The Labute approximate surface area is 277 Å². The molecule has 4 heterocycles. The van der Waals surface area contributed by atoms with E-state index in [4.69, 9.17) is 4.74 Å². The number of rotatable bonds is 10. The van der Waals surface area contributed by atoms with E-state index >= 15 is 0 Å². The van der Waals surface area contributed by atoms with Gasteiger partial charge >= 0.3 is 5.97 Å². The van der Waals surface area contributed by atoms with E-state index in [2.05, 4.69) is 51.8 Å². The molecular weight excluding hydrogens is 609 g/mol. The van der Waals surface area contributed by atoms with E-state index in [-0.39, 0.29) is 11.3 Å². The van der Waals surface area contributed by atoms with Crippen molar-refractivity contribution in [3.05, 3.63) is 113 Å².